The molecule has 0 saturated heterocycles. The number of hydrazone groups is 1. The van der Waals surface area contributed by atoms with Gasteiger partial charge in [0, 0.05) is 3.57 Å². The minimum atomic E-state index is -0.328. The van der Waals surface area contributed by atoms with E-state index in [0.717, 1.165) is 14.5 Å². The maximum absolute atomic E-state index is 12.1. The number of hydrogen-bond acceptors (Lipinski definition) is 2. The fourth-order valence-corrected chi connectivity index (χ4v) is 2.88. The number of benzene rings is 3. The van der Waals surface area contributed by atoms with Crippen molar-refractivity contribution in [3.05, 3.63) is 80.4 Å². The van der Waals surface area contributed by atoms with Gasteiger partial charge in [-0.2, -0.15) is 5.10 Å². The van der Waals surface area contributed by atoms with Crippen LogP contribution in [-0.2, 0) is 0 Å². The van der Waals surface area contributed by atoms with Crippen molar-refractivity contribution in [2.75, 3.05) is 0 Å². The first-order valence-corrected chi connectivity index (χ1v) is 8.36. The van der Waals surface area contributed by atoms with E-state index in [1.54, 1.807) is 18.3 Å². The largest absolute Gasteiger partial charge is 0.272 e. The predicted molar refractivity (Wildman–Crippen MR) is 103 cm³/mol. The summed E-state index contributed by atoms with van der Waals surface area (Å²) >= 11 is 8.17. The van der Waals surface area contributed by atoms with Gasteiger partial charge in [-0.15, -0.1) is 0 Å². The van der Waals surface area contributed by atoms with Crippen LogP contribution in [0.15, 0.2) is 65.8 Å². The molecular weight excluding hydrogens is 423 g/mol. The van der Waals surface area contributed by atoms with Crippen molar-refractivity contribution in [2.45, 2.75) is 0 Å². The van der Waals surface area contributed by atoms with E-state index in [2.05, 4.69) is 39.2 Å². The summed E-state index contributed by atoms with van der Waals surface area (Å²) in [4.78, 5) is 12.1. The lowest BCUT2D eigenvalue weighted by Gasteiger charge is -2.03. The van der Waals surface area contributed by atoms with Gasteiger partial charge in [0.05, 0.1) is 16.8 Å². The third-order valence-electron chi connectivity index (χ3n) is 3.33. The van der Waals surface area contributed by atoms with Crippen LogP contribution in [0.4, 0.5) is 0 Å². The SMILES string of the molecule is O=C(N/N=C\c1ccc2ccccc2c1)c1cc(I)ccc1Cl. The summed E-state index contributed by atoms with van der Waals surface area (Å²) in [6.07, 6.45) is 1.62. The highest BCUT2D eigenvalue weighted by atomic mass is 127. The van der Waals surface area contributed by atoms with Crippen LogP contribution in [-0.4, -0.2) is 12.1 Å². The summed E-state index contributed by atoms with van der Waals surface area (Å²) in [6, 6.07) is 19.3. The van der Waals surface area contributed by atoms with Gasteiger partial charge in [-0.1, -0.05) is 48.0 Å². The Morgan fingerprint density at radius 2 is 1.83 bits per heavy atom. The zero-order valence-electron chi connectivity index (χ0n) is 12.0. The molecule has 0 bridgehead atoms. The third-order valence-corrected chi connectivity index (χ3v) is 4.33. The quantitative estimate of drug-likeness (QED) is 0.357. The van der Waals surface area contributed by atoms with Crippen LogP contribution in [0.5, 0.6) is 0 Å². The second kappa shape index (κ2) is 7.10. The summed E-state index contributed by atoms with van der Waals surface area (Å²) < 4.78 is 0.940. The topological polar surface area (TPSA) is 41.5 Å². The van der Waals surface area contributed by atoms with Gasteiger partial charge in [0.2, 0.25) is 0 Å². The molecule has 3 aromatic rings. The van der Waals surface area contributed by atoms with Gasteiger partial charge in [0.15, 0.2) is 0 Å². The zero-order chi connectivity index (χ0) is 16.2. The molecule has 0 aromatic heterocycles. The standard InChI is InChI=1S/C18H12ClIN2O/c19-17-8-7-15(20)10-16(17)18(23)22-21-11-12-5-6-13-3-1-2-4-14(13)9-12/h1-11H,(H,22,23)/b21-11-. The minimum Gasteiger partial charge on any atom is -0.267 e. The molecule has 0 aliphatic rings. The van der Waals surface area contributed by atoms with Gasteiger partial charge < -0.3 is 0 Å². The molecule has 3 rings (SSSR count). The van der Waals surface area contributed by atoms with E-state index in [0.29, 0.717) is 10.6 Å². The maximum Gasteiger partial charge on any atom is 0.272 e. The van der Waals surface area contributed by atoms with Gasteiger partial charge >= 0.3 is 0 Å². The van der Waals surface area contributed by atoms with Crippen molar-refractivity contribution in [3.8, 4) is 0 Å². The van der Waals surface area contributed by atoms with E-state index in [4.69, 9.17) is 11.6 Å². The smallest absolute Gasteiger partial charge is 0.267 e. The second-order valence-corrected chi connectivity index (χ2v) is 6.58. The molecular formula is C18H12ClIN2O. The summed E-state index contributed by atoms with van der Waals surface area (Å²) in [6.45, 7) is 0. The first kappa shape index (κ1) is 16.0. The van der Waals surface area contributed by atoms with Crippen LogP contribution in [0.25, 0.3) is 10.8 Å². The molecule has 5 heteroatoms. The van der Waals surface area contributed by atoms with Gasteiger partial charge in [-0.3, -0.25) is 4.79 Å². The second-order valence-electron chi connectivity index (χ2n) is 4.93. The van der Waals surface area contributed by atoms with Crippen molar-refractivity contribution >= 4 is 57.1 Å². The Balaban J connectivity index is 1.74. The minimum absolute atomic E-state index is 0.328. The first-order valence-electron chi connectivity index (χ1n) is 6.91. The molecule has 3 aromatic carbocycles. The summed E-state index contributed by atoms with van der Waals surface area (Å²) in [7, 11) is 0. The lowest BCUT2D eigenvalue weighted by atomic mass is 10.1. The fraction of sp³-hybridized carbons (Fsp3) is 0. The van der Waals surface area contributed by atoms with Gasteiger partial charge in [-0.25, -0.2) is 5.43 Å². The molecule has 0 heterocycles. The van der Waals surface area contributed by atoms with E-state index in [1.807, 2.05) is 42.5 Å². The number of rotatable bonds is 3. The number of halogens is 2. The highest BCUT2D eigenvalue weighted by molar-refractivity contribution is 14.1. The van der Waals surface area contributed by atoms with E-state index < -0.39 is 0 Å². The number of carbonyl (C=O) groups excluding carboxylic acids is 1. The Kier molecular flexibility index (Phi) is 4.93. The monoisotopic (exact) mass is 434 g/mol. The molecule has 0 fully saturated rings. The predicted octanol–water partition coefficient (Wildman–Crippen LogP) is 4.86. The lowest BCUT2D eigenvalue weighted by Crippen LogP contribution is -2.18. The molecule has 0 radical (unpaired) electrons. The van der Waals surface area contributed by atoms with Crippen molar-refractivity contribution in [1.29, 1.82) is 0 Å². The van der Waals surface area contributed by atoms with Crippen LogP contribution in [0.2, 0.25) is 5.02 Å². The zero-order valence-corrected chi connectivity index (χ0v) is 14.9. The summed E-state index contributed by atoms with van der Waals surface area (Å²) in [5, 5.41) is 6.71. The molecule has 114 valence electrons. The van der Waals surface area contributed by atoms with Crippen molar-refractivity contribution < 1.29 is 4.79 Å². The number of nitrogens with one attached hydrogen (secondary N) is 1. The average molecular weight is 435 g/mol. The van der Waals surface area contributed by atoms with Gasteiger partial charge in [0.25, 0.3) is 5.91 Å². The summed E-state index contributed by atoms with van der Waals surface area (Å²) in [5.41, 5.74) is 3.83. The van der Waals surface area contributed by atoms with Gasteiger partial charge in [0.1, 0.15) is 0 Å². The highest BCUT2D eigenvalue weighted by Gasteiger charge is 2.09. The molecule has 0 spiro atoms. The molecule has 23 heavy (non-hydrogen) atoms. The Labute approximate surface area is 152 Å². The Bertz CT molecular complexity index is 908. The van der Waals surface area contributed by atoms with Gasteiger partial charge in [-0.05, 0) is 63.2 Å². The molecule has 3 nitrogen and oxygen atoms in total. The number of amides is 1. The average Bonchev–Trinajstić information content (AvgIpc) is 2.57. The third kappa shape index (κ3) is 3.89. The molecule has 1 amide bonds. The first-order chi connectivity index (χ1) is 11.1. The number of fused-ring (bicyclic) bond motifs is 1. The van der Waals surface area contributed by atoms with Crippen molar-refractivity contribution in [3.63, 3.8) is 0 Å². The van der Waals surface area contributed by atoms with E-state index in [-0.39, 0.29) is 5.91 Å². The Morgan fingerprint density at radius 3 is 2.65 bits per heavy atom. The highest BCUT2D eigenvalue weighted by Crippen LogP contribution is 2.18. The van der Waals surface area contributed by atoms with E-state index >= 15 is 0 Å². The van der Waals surface area contributed by atoms with Crippen molar-refractivity contribution in [1.82, 2.24) is 5.43 Å². The Hall–Kier alpha value is -1.92. The number of nitrogens with zero attached hydrogens (tertiary/aromatic N) is 1. The number of hydrogen-bond donors (Lipinski definition) is 1. The number of carbonyl (C=O) groups is 1. The molecule has 0 unspecified atom stereocenters. The van der Waals surface area contributed by atoms with Crippen LogP contribution >= 0.6 is 34.2 Å². The van der Waals surface area contributed by atoms with Crippen molar-refractivity contribution in [2.24, 2.45) is 5.10 Å². The van der Waals surface area contributed by atoms with Crippen LogP contribution < -0.4 is 5.43 Å². The van der Waals surface area contributed by atoms with Crippen LogP contribution in [0.3, 0.4) is 0 Å². The lowest BCUT2D eigenvalue weighted by molar-refractivity contribution is 0.0955. The van der Waals surface area contributed by atoms with E-state index in [1.165, 1.54) is 5.39 Å². The molecule has 0 atom stereocenters. The fourth-order valence-electron chi connectivity index (χ4n) is 2.19. The van der Waals surface area contributed by atoms with E-state index in [9.17, 15) is 4.79 Å². The normalized spacial score (nSPS) is 11.0. The van der Waals surface area contributed by atoms with Crippen LogP contribution in [0.1, 0.15) is 15.9 Å². The molecule has 0 aliphatic carbocycles. The molecule has 1 N–H and O–H groups in total. The molecule has 0 aliphatic heterocycles. The maximum atomic E-state index is 12.1. The Morgan fingerprint density at radius 1 is 1.04 bits per heavy atom. The van der Waals surface area contributed by atoms with Crippen LogP contribution in [0, 0.1) is 3.57 Å². The molecule has 0 saturated carbocycles. The summed E-state index contributed by atoms with van der Waals surface area (Å²) in [5.74, 6) is -0.328.